The number of carbonyl (C=O) groups excluding carboxylic acids is 3. The van der Waals surface area contributed by atoms with Gasteiger partial charge in [0.2, 0.25) is 0 Å². The first-order valence-corrected chi connectivity index (χ1v) is 28.0. The summed E-state index contributed by atoms with van der Waals surface area (Å²) in [6, 6.07) is 0. The molecular weight excluding hydrogens is 898 g/mol. The predicted octanol–water partition coefficient (Wildman–Crippen LogP) is 8.71. The van der Waals surface area contributed by atoms with E-state index in [0.29, 0.717) is 19.3 Å². The topological polar surface area (TPSA) is 273 Å². The molecule has 0 heterocycles. The van der Waals surface area contributed by atoms with Gasteiger partial charge in [-0.25, -0.2) is 9.13 Å². The molecule has 0 aromatic rings. The van der Waals surface area contributed by atoms with Crippen LogP contribution < -0.4 is 0 Å². The van der Waals surface area contributed by atoms with Crippen molar-refractivity contribution >= 4 is 33.4 Å². The van der Waals surface area contributed by atoms with Crippen LogP contribution in [0.3, 0.4) is 0 Å². The first-order chi connectivity index (χ1) is 31.4. The molecular formula is C47H88O17P2. The zero-order chi connectivity index (χ0) is 49.2. The number of rotatable bonds is 43. The molecule has 1 fully saturated rings. The maximum absolute atomic E-state index is 12.9. The van der Waals surface area contributed by atoms with E-state index in [1.807, 2.05) is 0 Å². The molecule has 1 saturated carbocycles. The molecule has 0 aromatic carbocycles. The number of carbonyl (C=O) groups is 3. The van der Waals surface area contributed by atoms with Gasteiger partial charge >= 0.3 is 27.6 Å². The summed E-state index contributed by atoms with van der Waals surface area (Å²) in [5.74, 6) is -1.62. The van der Waals surface area contributed by atoms with Crippen molar-refractivity contribution in [3.05, 3.63) is 12.2 Å². The van der Waals surface area contributed by atoms with Gasteiger partial charge in [0.15, 0.2) is 6.10 Å². The molecule has 0 aromatic heterocycles. The number of phosphoric acid groups is 2. The number of phosphoric ester groups is 2. The first kappa shape index (κ1) is 62.4. The van der Waals surface area contributed by atoms with Gasteiger partial charge in [-0.05, 0) is 31.6 Å². The van der Waals surface area contributed by atoms with Gasteiger partial charge in [-0.15, -0.1) is 0 Å². The molecule has 0 spiro atoms. The van der Waals surface area contributed by atoms with E-state index in [0.717, 1.165) is 50.9 Å². The lowest BCUT2D eigenvalue weighted by Crippen LogP contribution is -2.30. The molecule has 0 saturated heterocycles. The minimum atomic E-state index is -4.91. The van der Waals surface area contributed by atoms with Crippen LogP contribution >= 0.6 is 15.6 Å². The number of aliphatic hydroxyl groups is 4. The summed E-state index contributed by atoms with van der Waals surface area (Å²) in [6.45, 7) is 3.61. The Bertz CT molecular complexity index is 1410. The molecule has 19 heteroatoms. The second kappa shape index (κ2) is 37.3. The molecule has 17 nitrogen and oxygen atoms in total. The third-order valence-corrected chi connectivity index (χ3v) is 13.6. The molecule has 0 aliphatic heterocycles. The van der Waals surface area contributed by atoms with Crippen molar-refractivity contribution in [2.24, 2.45) is 17.8 Å². The van der Waals surface area contributed by atoms with Crippen molar-refractivity contribution in [3.8, 4) is 0 Å². The van der Waals surface area contributed by atoms with Gasteiger partial charge in [-0.2, -0.15) is 0 Å². The van der Waals surface area contributed by atoms with E-state index in [4.69, 9.17) is 23.8 Å². The summed E-state index contributed by atoms with van der Waals surface area (Å²) >= 11 is 0. The Balaban J connectivity index is 2.52. The van der Waals surface area contributed by atoms with Gasteiger partial charge in [0.05, 0.1) is 38.1 Å². The van der Waals surface area contributed by atoms with E-state index in [1.54, 1.807) is 12.2 Å². The number of ketones is 1. The minimum Gasteiger partial charge on any atom is -0.462 e. The highest BCUT2D eigenvalue weighted by Crippen LogP contribution is 2.44. The van der Waals surface area contributed by atoms with E-state index in [9.17, 15) is 48.8 Å². The van der Waals surface area contributed by atoms with Crippen molar-refractivity contribution in [3.63, 3.8) is 0 Å². The number of unbranched alkanes of at least 4 members (excludes halogenated alkanes) is 16. The maximum atomic E-state index is 12.9. The van der Waals surface area contributed by atoms with E-state index < -0.39 is 96.4 Å². The van der Waals surface area contributed by atoms with Crippen molar-refractivity contribution in [2.45, 2.75) is 225 Å². The Kier molecular flexibility index (Phi) is 35.2. The summed E-state index contributed by atoms with van der Waals surface area (Å²) < 4.78 is 47.8. The van der Waals surface area contributed by atoms with Gasteiger partial charge in [-0.3, -0.25) is 28.0 Å². The van der Waals surface area contributed by atoms with Crippen molar-refractivity contribution < 1.29 is 81.7 Å². The van der Waals surface area contributed by atoms with Crippen LogP contribution in [-0.4, -0.2) is 110 Å². The summed E-state index contributed by atoms with van der Waals surface area (Å²) in [4.78, 5) is 66.0. The van der Waals surface area contributed by atoms with Crippen molar-refractivity contribution in [1.82, 2.24) is 0 Å². The highest BCUT2D eigenvalue weighted by Gasteiger charge is 2.41. The zero-order valence-corrected chi connectivity index (χ0v) is 42.1. The number of ether oxygens (including phenoxy) is 2. The fourth-order valence-corrected chi connectivity index (χ4v) is 9.07. The van der Waals surface area contributed by atoms with Crippen molar-refractivity contribution in [2.75, 3.05) is 26.4 Å². The number of hydrogen-bond donors (Lipinski definition) is 7. The van der Waals surface area contributed by atoms with Crippen LogP contribution in [0.4, 0.5) is 0 Å². The number of hydrogen-bond acceptors (Lipinski definition) is 14. The van der Waals surface area contributed by atoms with E-state index >= 15 is 0 Å². The van der Waals surface area contributed by atoms with E-state index in [2.05, 4.69) is 29.8 Å². The third-order valence-electron chi connectivity index (χ3n) is 12.2. The fourth-order valence-electron chi connectivity index (χ4n) is 7.91. The van der Waals surface area contributed by atoms with Crippen LogP contribution in [0.15, 0.2) is 12.2 Å². The Morgan fingerprint density at radius 3 is 1.74 bits per heavy atom. The van der Waals surface area contributed by atoms with Crippen LogP contribution in [0.5, 0.6) is 0 Å². The lowest BCUT2D eigenvalue weighted by molar-refractivity contribution is -0.161. The lowest BCUT2D eigenvalue weighted by atomic mass is 9.87. The monoisotopic (exact) mass is 987 g/mol. The van der Waals surface area contributed by atoms with Crippen LogP contribution in [0.25, 0.3) is 0 Å². The molecule has 1 aliphatic rings. The number of Topliss-reactive ketones (excluding diaryl/α,β-unsaturated/α-hetero) is 1. The molecule has 1 rings (SSSR count). The van der Waals surface area contributed by atoms with E-state index in [-0.39, 0.29) is 44.3 Å². The molecule has 66 heavy (non-hydrogen) atoms. The standard InChI is InChI=1S/C47H88O17P2/c1-4-6-19-25-38(48)29-30-42-43(45(52)32-44(42)51)31-39(49)26-22-23-28-47(54)64-41(36-63-66(58,59)62-34-40(50)33-61-65(55,56)57)35-60-46(53)27-21-18-16-14-12-10-8-7-9-11-13-15-17-20-24-37(3)5-2/h29-30,37-38,40-45,48,50-52H,4-28,31-36H2,1-3H3,(H,58,59)(H2,55,56,57)/b30-29+/t37?,38-,40-,41+,42+,43+,44+,45-/m0/s1. The van der Waals surface area contributed by atoms with Crippen LogP contribution in [0.2, 0.25) is 0 Å². The molecule has 0 amide bonds. The Labute approximate surface area is 395 Å². The number of aliphatic hydroxyl groups excluding tert-OH is 4. The Hall–Kier alpha value is -1.59. The zero-order valence-electron chi connectivity index (χ0n) is 40.3. The van der Waals surface area contributed by atoms with Gasteiger partial charge in [-0.1, -0.05) is 148 Å². The molecule has 2 unspecified atom stereocenters. The van der Waals surface area contributed by atoms with Crippen LogP contribution in [0, 0.1) is 17.8 Å². The van der Waals surface area contributed by atoms with E-state index in [1.165, 1.54) is 70.6 Å². The highest BCUT2D eigenvalue weighted by molar-refractivity contribution is 7.47. The molecule has 9 atom stereocenters. The molecule has 1 aliphatic carbocycles. The quantitative estimate of drug-likeness (QED) is 0.0130. The smallest absolute Gasteiger partial charge is 0.462 e. The maximum Gasteiger partial charge on any atom is 0.472 e. The lowest BCUT2D eigenvalue weighted by Gasteiger charge is -2.21. The Morgan fingerprint density at radius 1 is 0.636 bits per heavy atom. The molecule has 388 valence electrons. The highest BCUT2D eigenvalue weighted by atomic mass is 31.2. The van der Waals surface area contributed by atoms with Gasteiger partial charge in [0, 0.05) is 43.9 Å². The largest absolute Gasteiger partial charge is 0.472 e. The average molecular weight is 987 g/mol. The number of esters is 2. The van der Waals surface area contributed by atoms with Crippen LogP contribution in [-0.2, 0) is 46.6 Å². The SMILES string of the molecule is CCCCC[C@H](O)/C=C/[C@@H]1[C@@H](CC(=O)CCCCC(=O)O[C@H](COC(=O)CCCCCCCCCCCCCCCCC(C)CC)COP(=O)(O)OC[C@@H](O)COP(=O)(O)O)[C@@H](O)C[C@H]1O. The van der Waals surface area contributed by atoms with Gasteiger partial charge in [0.1, 0.15) is 18.5 Å². The average Bonchev–Trinajstić information content (AvgIpc) is 3.53. The molecule has 0 bridgehead atoms. The summed E-state index contributed by atoms with van der Waals surface area (Å²) in [5.41, 5.74) is 0. The predicted molar refractivity (Wildman–Crippen MR) is 251 cm³/mol. The normalized spacial score (nSPS) is 20.5. The minimum absolute atomic E-state index is 0.0184. The van der Waals surface area contributed by atoms with Gasteiger partial charge < -0.3 is 44.6 Å². The first-order valence-electron chi connectivity index (χ1n) is 24.9. The second-order valence-electron chi connectivity index (χ2n) is 18.3. The summed E-state index contributed by atoms with van der Waals surface area (Å²) in [7, 11) is -9.83. The molecule has 7 N–H and O–H groups in total. The second-order valence-corrected chi connectivity index (χ2v) is 21.0. The Morgan fingerprint density at radius 2 is 1.15 bits per heavy atom. The third kappa shape index (κ3) is 33.8. The summed E-state index contributed by atoms with van der Waals surface area (Å²) in [5, 5.41) is 41.2. The van der Waals surface area contributed by atoms with Gasteiger partial charge in [0.25, 0.3) is 0 Å². The van der Waals surface area contributed by atoms with Crippen LogP contribution in [0.1, 0.15) is 194 Å². The van der Waals surface area contributed by atoms with Crippen molar-refractivity contribution in [1.29, 1.82) is 0 Å². The fraction of sp³-hybridized carbons (Fsp3) is 0.894. The molecule has 0 radical (unpaired) electrons. The summed E-state index contributed by atoms with van der Waals surface area (Å²) in [6.07, 6.45) is 21.1.